The first-order valence-electron chi connectivity index (χ1n) is 8.74. The zero-order valence-corrected chi connectivity index (χ0v) is 15.4. The first-order valence-corrected chi connectivity index (χ1v) is 8.74. The van der Waals surface area contributed by atoms with Gasteiger partial charge in [0.25, 0.3) is 0 Å². The van der Waals surface area contributed by atoms with Crippen LogP contribution in [0, 0.1) is 13.8 Å². The highest BCUT2D eigenvalue weighted by Crippen LogP contribution is 2.45. The molecular formula is C21H24O5. The van der Waals surface area contributed by atoms with E-state index in [1.165, 1.54) is 36.6 Å². The standard InChI is InChI=1S/C21H24O5/c1-13-9-17(15-7-8-15)20(10-14(13)2)25-12-18-16(11-22)5-4-6-19(18)26-21(23)24-3/h4-6,9-10,15,22H,7-8,11-12H2,1-3H3. The van der Waals surface area contributed by atoms with Crippen LogP contribution in [0.5, 0.6) is 11.5 Å². The van der Waals surface area contributed by atoms with Crippen molar-refractivity contribution in [2.45, 2.75) is 45.8 Å². The van der Waals surface area contributed by atoms with Crippen molar-refractivity contribution in [2.24, 2.45) is 0 Å². The molecule has 0 bridgehead atoms. The van der Waals surface area contributed by atoms with E-state index >= 15 is 0 Å². The first kappa shape index (κ1) is 18.3. The molecule has 0 amide bonds. The predicted molar refractivity (Wildman–Crippen MR) is 97.6 cm³/mol. The number of benzene rings is 2. The van der Waals surface area contributed by atoms with E-state index in [9.17, 15) is 9.90 Å². The molecule has 1 N–H and O–H groups in total. The van der Waals surface area contributed by atoms with Crippen LogP contribution in [-0.4, -0.2) is 18.4 Å². The average molecular weight is 356 g/mol. The molecule has 0 unspecified atom stereocenters. The lowest BCUT2D eigenvalue weighted by molar-refractivity contribution is 0.120. The SMILES string of the molecule is COC(=O)Oc1cccc(CO)c1COc1cc(C)c(C)cc1C1CC1. The van der Waals surface area contributed by atoms with Crippen LogP contribution in [0.25, 0.3) is 0 Å². The number of hydrogen-bond donors (Lipinski definition) is 1. The smallest absolute Gasteiger partial charge is 0.488 e. The van der Waals surface area contributed by atoms with Gasteiger partial charge < -0.3 is 19.3 Å². The molecule has 0 aliphatic heterocycles. The van der Waals surface area contributed by atoms with Gasteiger partial charge in [0.05, 0.1) is 13.7 Å². The highest BCUT2D eigenvalue weighted by Gasteiger charge is 2.27. The molecule has 5 nitrogen and oxygen atoms in total. The van der Waals surface area contributed by atoms with E-state index in [4.69, 9.17) is 9.47 Å². The number of methoxy groups -OCH3 is 1. The molecule has 2 aromatic carbocycles. The lowest BCUT2D eigenvalue weighted by atomic mass is 10.0. The Morgan fingerprint density at radius 1 is 1.15 bits per heavy atom. The number of rotatable bonds is 6. The van der Waals surface area contributed by atoms with Crippen molar-refractivity contribution >= 4 is 6.16 Å². The van der Waals surface area contributed by atoms with Crippen molar-refractivity contribution in [3.8, 4) is 11.5 Å². The third-order valence-electron chi connectivity index (χ3n) is 4.78. The van der Waals surface area contributed by atoms with Crippen LogP contribution in [0.1, 0.15) is 46.6 Å². The Kier molecular flexibility index (Phi) is 5.47. The molecular weight excluding hydrogens is 332 g/mol. The molecule has 0 spiro atoms. The van der Waals surface area contributed by atoms with E-state index < -0.39 is 6.16 Å². The summed E-state index contributed by atoms with van der Waals surface area (Å²) in [6.45, 7) is 4.20. The normalized spacial score (nSPS) is 13.4. The van der Waals surface area contributed by atoms with Crippen LogP contribution in [0.15, 0.2) is 30.3 Å². The van der Waals surface area contributed by atoms with Gasteiger partial charge in [-0.05, 0) is 67.0 Å². The third kappa shape index (κ3) is 3.99. The number of ether oxygens (including phenoxy) is 3. The second-order valence-electron chi connectivity index (χ2n) is 6.65. The van der Waals surface area contributed by atoms with Crippen molar-refractivity contribution in [2.75, 3.05) is 7.11 Å². The van der Waals surface area contributed by atoms with Gasteiger partial charge in [-0.25, -0.2) is 4.79 Å². The van der Waals surface area contributed by atoms with Gasteiger partial charge in [0.1, 0.15) is 18.1 Å². The van der Waals surface area contributed by atoms with Gasteiger partial charge in [0, 0.05) is 5.56 Å². The molecule has 1 aliphatic carbocycles. The molecule has 26 heavy (non-hydrogen) atoms. The van der Waals surface area contributed by atoms with E-state index in [0.29, 0.717) is 22.8 Å². The summed E-state index contributed by atoms with van der Waals surface area (Å²) in [6, 6.07) is 9.43. The molecule has 0 aromatic heterocycles. The minimum Gasteiger partial charge on any atom is -0.488 e. The number of aliphatic hydroxyl groups is 1. The quantitative estimate of drug-likeness (QED) is 0.614. The third-order valence-corrected chi connectivity index (χ3v) is 4.78. The summed E-state index contributed by atoms with van der Waals surface area (Å²) in [5.74, 6) is 1.75. The summed E-state index contributed by atoms with van der Waals surface area (Å²) < 4.78 is 15.9. The Hall–Kier alpha value is -2.53. The second-order valence-corrected chi connectivity index (χ2v) is 6.65. The molecule has 2 aromatic rings. The fourth-order valence-electron chi connectivity index (χ4n) is 2.95. The van der Waals surface area contributed by atoms with Gasteiger partial charge in [-0.2, -0.15) is 0 Å². The van der Waals surface area contributed by atoms with Crippen LogP contribution < -0.4 is 9.47 Å². The summed E-state index contributed by atoms with van der Waals surface area (Å²) in [7, 11) is 1.26. The Morgan fingerprint density at radius 3 is 2.54 bits per heavy atom. The number of carbonyl (C=O) groups excluding carboxylic acids is 1. The number of aliphatic hydroxyl groups excluding tert-OH is 1. The maximum atomic E-state index is 11.5. The van der Waals surface area contributed by atoms with Gasteiger partial charge in [-0.3, -0.25) is 0 Å². The maximum absolute atomic E-state index is 11.5. The molecule has 0 atom stereocenters. The van der Waals surface area contributed by atoms with E-state index in [1.807, 2.05) is 0 Å². The molecule has 1 aliphatic rings. The van der Waals surface area contributed by atoms with E-state index in [0.717, 1.165) is 5.75 Å². The molecule has 0 saturated heterocycles. The van der Waals surface area contributed by atoms with Crippen molar-refractivity contribution in [3.63, 3.8) is 0 Å². The minimum absolute atomic E-state index is 0.167. The van der Waals surface area contributed by atoms with E-state index in [2.05, 4.69) is 30.7 Å². The monoisotopic (exact) mass is 356 g/mol. The predicted octanol–water partition coefficient (Wildman–Crippen LogP) is 4.40. The molecule has 0 radical (unpaired) electrons. The van der Waals surface area contributed by atoms with E-state index in [1.54, 1.807) is 18.2 Å². The van der Waals surface area contributed by atoms with Crippen LogP contribution in [0.4, 0.5) is 4.79 Å². The maximum Gasteiger partial charge on any atom is 0.513 e. The summed E-state index contributed by atoms with van der Waals surface area (Å²) in [6.07, 6.45) is 1.57. The van der Waals surface area contributed by atoms with Gasteiger partial charge in [-0.1, -0.05) is 18.2 Å². The van der Waals surface area contributed by atoms with Gasteiger partial charge >= 0.3 is 6.16 Å². The van der Waals surface area contributed by atoms with Crippen molar-refractivity contribution in [1.82, 2.24) is 0 Å². The van der Waals surface area contributed by atoms with Crippen molar-refractivity contribution in [3.05, 3.63) is 58.1 Å². The fourth-order valence-corrected chi connectivity index (χ4v) is 2.95. The van der Waals surface area contributed by atoms with Gasteiger partial charge in [0.2, 0.25) is 0 Å². The lowest BCUT2D eigenvalue weighted by Gasteiger charge is -2.17. The van der Waals surface area contributed by atoms with Gasteiger partial charge in [-0.15, -0.1) is 0 Å². The van der Waals surface area contributed by atoms with Crippen LogP contribution in [0.3, 0.4) is 0 Å². The van der Waals surface area contributed by atoms with Crippen molar-refractivity contribution in [1.29, 1.82) is 0 Å². The lowest BCUT2D eigenvalue weighted by Crippen LogP contribution is -2.11. The average Bonchev–Trinajstić information content (AvgIpc) is 3.47. The summed E-state index contributed by atoms with van der Waals surface area (Å²) in [5.41, 5.74) is 4.95. The topological polar surface area (TPSA) is 65.0 Å². The van der Waals surface area contributed by atoms with Gasteiger partial charge in [0.15, 0.2) is 0 Å². The zero-order valence-electron chi connectivity index (χ0n) is 15.4. The summed E-state index contributed by atoms with van der Waals surface area (Å²) in [4.78, 5) is 11.5. The fraction of sp³-hybridized carbons (Fsp3) is 0.381. The van der Waals surface area contributed by atoms with Crippen molar-refractivity contribution < 1.29 is 24.1 Å². The Labute approximate surface area is 153 Å². The number of aryl methyl sites for hydroxylation is 2. The summed E-state index contributed by atoms with van der Waals surface area (Å²) in [5, 5.41) is 9.64. The Balaban J connectivity index is 1.88. The molecule has 0 heterocycles. The van der Waals surface area contributed by atoms with Crippen LogP contribution >= 0.6 is 0 Å². The Morgan fingerprint density at radius 2 is 1.88 bits per heavy atom. The molecule has 1 saturated carbocycles. The highest BCUT2D eigenvalue weighted by atomic mass is 16.7. The van der Waals surface area contributed by atoms with E-state index in [-0.39, 0.29) is 13.2 Å². The summed E-state index contributed by atoms with van der Waals surface area (Å²) >= 11 is 0. The number of hydrogen-bond acceptors (Lipinski definition) is 5. The molecule has 1 fully saturated rings. The largest absolute Gasteiger partial charge is 0.513 e. The second kappa shape index (κ2) is 7.79. The Bertz CT molecular complexity index is 808. The first-order chi connectivity index (χ1) is 12.5. The van der Waals surface area contributed by atoms with Crippen LogP contribution in [-0.2, 0) is 18.0 Å². The highest BCUT2D eigenvalue weighted by molar-refractivity contribution is 5.64. The molecule has 3 rings (SSSR count). The minimum atomic E-state index is -0.800. The molecule has 138 valence electrons. The van der Waals surface area contributed by atoms with Crippen LogP contribution in [0.2, 0.25) is 0 Å². The molecule has 5 heteroatoms. The zero-order chi connectivity index (χ0) is 18.7. The number of carbonyl (C=O) groups is 1.